The molecule has 164 valence electrons. The second-order valence-electron chi connectivity index (χ2n) is 8.84. The van der Waals surface area contributed by atoms with E-state index in [1.165, 1.54) is 17.7 Å². The number of nitrogens with one attached hydrogen (secondary N) is 1. The third-order valence-electron chi connectivity index (χ3n) is 6.41. The Morgan fingerprint density at radius 3 is 2.55 bits per heavy atom. The highest BCUT2D eigenvalue weighted by Crippen LogP contribution is 2.29. The third-order valence-corrected chi connectivity index (χ3v) is 6.41. The molecule has 2 saturated heterocycles. The van der Waals surface area contributed by atoms with Crippen LogP contribution in [0.2, 0.25) is 0 Å². The number of piperidine rings is 1. The molecule has 1 aromatic carbocycles. The predicted octanol–water partition coefficient (Wildman–Crippen LogP) is 3.88. The van der Waals surface area contributed by atoms with Crippen LogP contribution in [0.1, 0.15) is 67.0 Å². The number of amides is 2. The zero-order valence-electron chi connectivity index (χ0n) is 18.1. The van der Waals surface area contributed by atoms with E-state index in [0.29, 0.717) is 18.8 Å². The molecule has 5 nitrogen and oxygen atoms in total. The summed E-state index contributed by atoms with van der Waals surface area (Å²) in [5, 5.41) is 2.93. The van der Waals surface area contributed by atoms with Gasteiger partial charge in [-0.3, -0.25) is 14.6 Å². The molecule has 31 heavy (non-hydrogen) atoms. The van der Waals surface area contributed by atoms with Gasteiger partial charge in [0, 0.05) is 49.3 Å². The number of carbonyl (C=O) groups is 2. The lowest BCUT2D eigenvalue weighted by Gasteiger charge is -2.32. The lowest BCUT2D eigenvalue weighted by molar-refractivity contribution is -0.132. The van der Waals surface area contributed by atoms with Crippen molar-refractivity contribution in [3.05, 3.63) is 64.7 Å². The molecule has 1 aromatic heterocycles. The number of aromatic nitrogens is 1. The summed E-state index contributed by atoms with van der Waals surface area (Å²) >= 11 is 0. The number of nitrogens with zero attached hydrogens (tertiary/aromatic N) is 2. The maximum absolute atomic E-state index is 13.2. The molecule has 0 radical (unpaired) electrons. The number of pyridine rings is 1. The van der Waals surface area contributed by atoms with Crippen LogP contribution in [0.3, 0.4) is 0 Å². The molecule has 4 rings (SSSR count). The molecule has 2 aromatic rings. The van der Waals surface area contributed by atoms with Gasteiger partial charge in [0.05, 0.1) is 0 Å². The molecule has 0 aliphatic carbocycles. The summed E-state index contributed by atoms with van der Waals surface area (Å²) in [4.78, 5) is 30.6. The van der Waals surface area contributed by atoms with E-state index >= 15 is 0 Å². The summed E-state index contributed by atoms with van der Waals surface area (Å²) in [6, 6.07) is 11.1. The van der Waals surface area contributed by atoms with Gasteiger partial charge in [-0.25, -0.2) is 4.39 Å². The molecule has 2 fully saturated rings. The Bertz CT molecular complexity index is 936. The van der Waals surface area contributed by atoms with Gasteiger partial charge in [-0.2, -0.15) is 0 Å². The number of hydrogen-bond donors (Lipinski definition) is 1. The van der Waals surface area contributed by atoms with Gasteiger partial charge in [0.15, 0.2) is 0 Å². The van der Waals surface area contributed by atoms with E-state index in [1.807, 2.05) is 24.0 Å². The van der Waals surface area contributed by atoms with Crippen LogP contribution >= 0.6 is 0 Å². The molecule has 2 amide bonds. The van der Waals surface area contributed by atoms with Gasteiger partial charge in [-0.05, 0) is 74.4 Å². The number of aryl methyl sites for hydroxylation is 1. The van der Waals surface area contributed by atoms with Gasteiger partial charge in [-0.15, -0.1) is 0 Å². The average molecular weight is 424 g/mol. The fraction of sp³-hybridized carbons (Fsp3) is 0.480. The predicted molar refractivity (Wildman–Crippen MR) is 117 cm³/mol. The molecule has 2 aliphatic rings. The Morgan fingerprint density at radius 1 is 1.13 bits per heavy atom. The minimum absolute atomic E-state index is 0.0997. The fourth-order valence-corrected chi connectivity index (χ4v) is 4.69. The van der Waals surface area contributed by atoms with Crippen molar-refractivity contribution in [2.45, 2.75) is 63.8 Å². The van der Waals surface area contributed by atoms with Crippen molar-refractivity contribution >= 4 is 11.8 Å². The van der Waals surface area contributed by atoms with Gasteiger partial charge < -0.3 is 10.2 Å². The highest BCUT2D eigenvalue weighted by Gasteiger charge is 2.26. The standard InChI is InChI=1S/C25H30FN3O2/c1-17-14-19(15-18-2-4-21(26)5-3-18)16-23(27-17)20-10-12-29(13-11-20)25(31)9-7-22-6-8-24(30)28-22/h2-5,14,16,20,22H,6-13,15H2,1H3,(H,28,30). The minimum atomic E-state index is -0.218. The van der Waals surface area contributed by atoms with Crippen LogP contribution in [-0.4, -0.2) is 40.8 Å². The number of hydrogen-bond acceptors (Lipinski definition) is 3. The molecule has 1 unspecified atom stereocenters. The summed E-state index contributed by atoms with van der Waals surface area (Å²) < 4.78 is 13.2. The van der Waals surface area contributed by atoms with Gasteiger partial charge in [0.2, 0.25) is 11.8 Å². The zero-order chi connectivity index (χ0) is 21.8. The molecule has 3 heterocycles. The van der Waals surface area contributed by atoms with E-state index in [1.54, 1.807) is 0 Å². The molecule has 0 bridgehead atoms. The Kier molecular flexibility index (Phi) is 6.64. The number of likely N-dealkylation sites (tertiary alicyclic amines) is 1. The Balaban J connectivity index is 1.31. The van der Waals surface area contributed by atoms with Gasteiger partial charge >= 0.3 is 0 Å². The summed E-state index contributed by atoms with van der Waals surface area (Å²) in [7, 11) is 0. The molecule has 0 spiro atoms. The van der Waals surface area contributed by atoms with Crippen molar-refractivity contribution in [2.24, 2.45) is 0 Å². The first-order valence-electron chi connectivity index (χ1n) is 11.3. The lowest BCUT2D eigenvalue weighted by Crippen LogP contribution is -2.38. The fourth-order valence-electron chi connectivity index (χ4n) is 4.69. The number of benzene rings is 1. The van der Waals surface area contributed by atoms with Crippen LogP contribution < -0.4 is 5.32 Å². The van der Waals surface area contributed by atoms with E-state index in [0.717, 1.165) is 62.1 Å². The monoisotopic (exact) mass is 423 g/mol. The van der Waals surface area contributed by atoms with Crippen LogP contribution in [-0.2, 0) is 16.0 Å². The molecule has 6 heteroatoms. The molecule has 2 aliphatic heterocycles. The van der Waals surface area contributed by atoms with E-state index < -0.39 is 0 Å². The SMILES string of the molecule is Cc1cc(Cc2ccc(F)cc2)cc(C2CCN(C(=O)CCC3CCC(=O)N3)CC2)n1. The zero-order valence-corrected chi connectivity index (χ0v) is 18.1. The normalized spacial score (nSPS) is 19.5. The summed E-state index contributed by atoms with van der Waals surface area (Å²) in [5.41, 5.74) is 4.35. The Morgan fingerprint density at radius 2 is 1.87 bits per heavy atom. The van der Waals surface area contributed by atoms with E-state index in [4.69, 9.17) is 4.98 Å². The maximum atomic E-state index is 13.2. The van der Waals surface area contributed by atoms with Crippen LogP contribution in [0.5, 0.6) is 0 Å². The lowest BCUT2D eigenvalue weighted by atomic mass is 9.91. The van der Waals surface area contributed by atoms with Gasteiger partial charge in [0.1, 0.15) is 5.82 Å². The first-order chi connectivity index (χ1) is 15.0. The van der Waals surface area contributed by atoms with E-state index in [9.17, 15) is 14.0 Å². The minimum Gasteiger partial charge on any atom is -0.353 e. The summed E-state index contributed by atoms with van der Waals surface area (Å²) in [6.07, 6.45) is 5.24. The molecular weight excluding hydrogens is 393 g/mol. The first kappa shape index (κ1) is 21.5. The van der Waals surface area contributed by atoms with Crippen LogP contribution in [0.4, 0.5) is 4.39 Å². The second-order valence-corrected chi connectivity index (χ2v) is 8.84. The first-order valence-corrected chi connectivity index (χ1v) is 11.3. The molecule has 0 saturated carbocycles. The Hall–Kier alpha value is -2.76. The quantitative estimate of drug-likeness (QED) is 0.767. The summed E-state index contributed by atoms with van der Waals surface area (Å²) in [5.74, 6) is 0.422. The van der Waals surface area contributed by atoms with Crippen molar-refractivity contribution in [1.82, 2.24) is 15.2 Å². The number of carbonyl (C=O) groups excluding carboxylic acids is 2. The van der Waals surface area contributed by atoms with E-state index in [2.05, 4.69) is 17.4 Å². The average Bonchev–Trinajstić information content (AvgIpc) is 3.18. The highest BCUT2D eigenvalue weighted by molar-refractivity contribution is 5.79. The van der Waals surface area contributed by atoms with Crippen LogP contribution in [0.25, 0.3) is 0 Å². The van der Waals surface area contributed by atoms with Gasteiger partial charge in [0.25, 0.3) is 0 Å². The van der Waals surface area contributed by atoms with Crippen molar-refractivity contribution in [1.29, 1.82) is 0 Å². The molecular formula is C25H30FN3O2. The molecule has 1 atom stereocenters. The topological polar surface area (TPSA) is 62.3 Å². The number of halogens is 1. The second kappa shape index (κ2) is 9.58. The van der Waals surface area contributed by atoms with Crippen LogP contribution in [0.15, 0.2) is 36.4 Å². The van der Waals surface area contributed by atoms with Crippen molar-refractivity contribution in [3.8, 4) is 0 Å². The van der Waals surface area contributed by atoms with E-state index in [-0.39, 0.29) is 23.7 Å². The van der Waals surface area contributed by atoms with Gasteiger partial charge in [-0.1, -0.05) is 12.1 Å². The highest BCUT2D eigenvalue weighted by atomic mass is 19.1. The van der Waals surface area contributed by atoms with Crippen molar-refractivity contribution < 1.29 is 14.0 Å². The van der Waals surface area contributed by atoms with Crippen molar-refractivity contribution in [2.75, 3.05) is 13.1 Å². The Labute approximate surface area is 183 Å². The van der Waals surface area contributed by atoms with Crippen molar-refractivity contribution in [3.63, 3.8) is 0 Å². The summed E-state index contributed by atoms with van der Waals surface area (Å²) in [6.45, 7) is 3.52. The van der Waals surface area contributed by atoms with Crippen LogP contribution in [0, 0.1) is 12.7 Å². The largest absolute Gasteiger partial charge is 0.353 e. The number of rotatable bonds is 6. The molecule has 1 N–H and O–H groups in total. The third kappa shape index (κ3) is 5.69. The maximum Gasteiger partial charge on any atom is 0.222 e. The smallest absolute Gasteiger partial charge is 0.222 e.